The molecule has 27 heavy (non-hydrogen) atoms. The lowest BCUT2D eigenvalue weighted by atomic mass is 10.0. The first-order chi connectivity index (χ1) is 12.4. The Labute approximate surface area is 162 Å². The van der Waals surface area contributed by atoms with Gasteiger partial charge in [-0.3, -0.25) is 19.7 Å². The van der Waals surface area contributed by atoms with Crippen molar-refractivity contribution in [2.45, 2.75) is 25.4 Å². The number of benzene rings is 2. The Morgan fingerprint density at radius 1 is 1.07 bits per heavy atom. The van der Waals surface area contributed by atoms with Crippen molar-refractivity contribution in [1.82, 2.24) is 5.32 Å². The van der Waals surface area contributed by atoms with Crippen molar-refractivity contribution < 1.29 is 14.5 Å². The predicted octanol–water partition coefficient (Wildman–Crippen LogP) is 2.03. The highest BCUT2D eigenvalue weighted by atomic mass is 35.5. The summed E-state index contributed by atoms with van der Waals surface area (Å²) < 4.78 is 0. The van der Waals surface area contributed by atoms with Crippen LogP contribution in [-0.4, -0.2) is 28.8 Å². The molecule has 0 fully saturated rings. The molecule has 2 aromatic rings. The largest absolute Gasteiger partial charge is 0.343 e. The van der Waals surface area contributed by atoms with E-state index in [2.05, 4.69) is 10.6 Å². The van der Waals surface area contributed by atoms with E-state index in [-0.39, 0.29) is 24.5 Å². The molecule has 8 nitrogen and oxygen atoms in total. The lowest BCUT2D eigenvalue weighted by Crippen LogP contribution is -2.50. The van der Waals surface area contributed by atoms with Gasteiger partial charge in [0.25, 0.3) is 5.69 Å². The number of carbonyl (C=O) groups is 2. The minimum absolute atomic E-state index is 0. The second-order valence-corrected chi connectivity index (χ2v) is 5.83. The van der Waals surface area contributed by atoms with Crippen LogP contribution in [0.5, 0.6) is 0 Å². The molecule has 144 valence electrons. The number of amides is 2. The van der Waals surface area contributed by atoms with Crippen LogP contribution in [-0.2, 0) is 16.0 Å². The topological polar surface area (TPSA) is 127 Å². The van der Waals surface area contributed by atoms with Gasteiger partial charge in [-0.2, -0.15) is 0 Å². The van der Waals surface area contributed by atoms with Crippen LogP contribution in [0.4, 0.5) is 11.4 Å². The van der Waals surface area contributed by atoms with Gasteiger partial charge >= 0.3 is 0 Å². The number of nitro benzene ring substituents is 1. The van der Waals surface area contributed by atoms with Gasteiger partial charge in [-0.25, -0.2) is 0 Å². The number of nitrogens with one attached hydrogen (secondary N) is 2. The van der Waals surface area contributed by atoms with E-state index in [4.69, 9.17) is 5.73 Å². The maximum absolute atomic E-state index is 12.6. The Morgan fingerprint density at radius 2 is 1.67 bits per heavy atom. The fourth-order valence-corrected chi connectivity index (χ4v) is 2.26. The summed E-state index contributed by atoms with van der Waals surface area (Å²) in [5, 5.41) is 16.0. The number of hydrogen-bond donors (Lipinski definition) is 3. The van der Waals surface area contributed by atoms with Gasteiger partial charge in [0, 0.05) is 24.2 Å². The maximum Gasteiger partial charge on any atom is 0.269 e. The number of halogens is 1. The van der Waals surface area contributed by atoms with Crippen molar-refractivity contribution in [3.63, 3.8) is 0 Å². The highest BCUT2D eigenvalue weighted by Gasteiger charge is 2.23. The molecule has 2 aromatic carbocycles. The van der Waals surface area contributed by atoms with E-state index < -0.39 is 28.8 Å². The van der Waals surface area contributed by atoms with E-state index in [0.29, 0.717) is 5.69 Å². The lowest BCUT2D eigenvalue weighted by molar-refractivity contribution is -0.384. The minimum Gasteiger partial charge on any atom is -0.343 e. The summed E-state index contributed by atoms with van der Waals surface area (Å²) in [7, 11) is 0. The molecule has 0 spiro atoms. The number of carbonyl (C=O) groups excluding carboxylic acids is 2. The molecule has 0 radical (unpaired) electrons. The Hall–Kier alpha value is -2.97. The van der Waals surface area contributed by atoms with Gasteiger partial charge in [0.2, 0.25) is 11.8 Å². The molecule has 0 aromatic heterocycles. The van der Waals surface area contributed by atoms with E-state index >= 15 is 0 Å². The van der Waals surface area contributed by atoms with E-state index in [1.807, 2.05) is 30.3 Å². The van der Waals surface area contributed by atoms with Crippen molar-refractivity contribution >= 4 is 35.6 Å². The second kappa shape index (κ2) is 10.2. The Kier molecular flexibility index (Phi) is 8.37. The lowest BCUT2D eigenvalue weighted by Gasteiger charge is -2.20. The van der Waals surface area contributed by atoms with Crippen molar-refractivity contribution in [2.75, 3.05) is 5.32 Å². The number of non-ortho nitro benzene ring substituents is 1. The molecule has 2 atom stereocenters. The van der Waals surface area contributed by atoms with Gasteiger partial charge in [-0.15, -0.1) is 12.4 Å². The monoisotopic (exact) mass is 392 g/mol. The van der Waals surface area contributed by atoms with Crippen LogP contribution in [0.3, 0.4) is 0 Å². The molecule has 0 heterocycles. The molecule has 2 amide bonds. The number of rotatable bonds is 7. The highest BCUT2D eigenvalue weighted by molar-refractivity contribution is 5.98. The average molecular weight is 393 g/mol. The van der Waals surface area contributed by atoms with Gasteiger partial charge in [-0.1, -0.05) is 30.3 Å². The summed E-state index contributed by atoms with van der Waals surface area (Å²) in [6, 6.07) is 13.1. The molecular weight excluding hydrogens is 372 g/mol. The standard InChI is InChI=1S/C18H20N4O4.ClH/c1-12(19)17(23)21-16(11-13-5-3-2-4-6-13)18(24)20-14-7-9-15(10-8-14)22(25)26;/h2-10,12,16H,11,19H2,1H3,(H,20,24)(H,21,23);1H/t12-,16-;/m0./s1. The average Bonchev–Trinajstić information content (AvgIpc) is 2.62. The van der Waals surface area contributed by atoms with E-state index in [1.165, 1.54) is 31.2 Å². The first-order valence-corrected chi connectivity index (χ1v) is 8.02. The summed E-state index contributed by atoms with van der Waals surface area (Å²) in [6.45, 7) is 1.53. The molecule has 0 saturated carbocycles. The Bertz CT molecular complexity index is 782. The normalized spacial score (nSPS) is 12.2. The summed E-state index contributed by atoms with van der Waals surface area (Å²) in [5.74, 6) is -0.874. The zero-order chi connectivity index (χ0) is 19.1. The van der Waals surface area contributed by atoms with Crippen molar-refractivity contribution in [3.05, 3.63) is 70.3 Å². The van der Waals surface area contributed by atoms with Gasteiger partial charge in [0.15, 0.2) is 0 Å². The Balaban J connectivity index is 0.00000364. The molecule has 9 heteroatoms. The summed E-state index contributed by atoms with van der Waals surface area (Å²) >= 11 is 0. The van der Waals surface area contributed by atoms with Crippen molar-refractivity contribution in [3.8, 4) is 0 Å². The first kappa shape index (κ1) is 22.1. The number of nitro groups is 1. The van der Waals surface area contributed by atoms with Crippen LogP contribution < -0.4 is 16.4 Å². The number of hydrogen-bond acceptors (Lipinski definition) is 5. The van der Waals surface area contributed by atoms with E-state index in [1.54, 1.807) is 0 Å². The third kappa shape index (κ3) is 6.69. The number of nitrogens with two attached hydrogens (primary N) is 1. The first-order valence-electron chi connectivity index (χ1n) is 8.02. The van der Waals surface area contributed by atoms with Crippen LogP contribution >= 0.6 is 12.4 Å². The highest BCUT2D eigenvalue weighted by Crippen LogP contribution is 2.16. The number of nitrogens with zero attached hydrogens (tertiary/aromatic N) is 1. The summed E-state index contributed by atoms with van der Waals surface area (Å²) in [5.41, 5.74) is 6.77. The fraction of sp³-hybridized carbons (Fsp3) is 0.222. The van der Waals surface area contributed by atoms with Gasteiger partial charge in [-0.05, 0) is 24.6 Å². The van der Waals surface area contributed by atoms with Gasteiger partial charge in [0.1, 0.15) is 6.04 Å². The van der Waals surface area contributed by atoms with E-state index in [9.17, 15) is 19.7 Å². The van der Waals surface area contributed by atoms with Crippen molar-refractivity contribution in [2.24, 2.45) is 5.73 Å². The third-order valence-electron chi connectivity index (χ3n) is 3.67. The predicted molar refractivity (Wildman–Crippen MR) is 105 cm³/mol. The number of anilines is 1. The summed E-state index contributed by atoms with van der Waals surface area (Å²) in [6.07, 6.45) is 0.290. The fourth-order valence-electron chi connectivity index (χ4n) is 2.26. The summed E-state index contributed by atoms with van der Waals surface area (Å²) in [4.78, 5) is 34.7. The zero-order valence-corrected chi connectivity index (χ0v) is 15.4. The van der Waals surface area contributed by atoms with Crippen LogP contribution in [0, 0.1) is 10.1 Å². The molecule has 0 saturated heterocycles. The second-order valence-electron chi connectivity index (χ2n) is 5.83. The molecule has 0 aliphatic heterocycles. The molecule has 0 aliphatic carbocycles. The van der Waals surface area contributed by atoms with Crippen LogP contribution in [0.25, 0.3) is 0 Å². The molecule has 0 bridgehead atoms. The Morgan fingerprint density at radius 3 is 2.19 bits per heavy atom. The van der Waals surface area contributed by atoms with Crippen LogP contribution in [0.2, 0.25) is 0 Å². The SMILES string of the molecule is C[C@H](N)C(=O)N[C@@H](Cc1ccccc1)C(=O)Nc1ccc([N+](=O)[O-])cc1.Cl. The molecular formula is C18H21ClN4O4. The van der Waals surface area contributed by atoms with Crippen LogP contribution in [0.1, 0.15) is 12.5 Å². The molecule has 2 rings (SSSR count). The van der Waals surface area contributed by atoms with E-state index in [0.717, 1.165) is 5.56 Å². The molecule has 4 N–H and O–H groups in total. The maximum atomic E-state index is 12.6. The van der Waals surface area contributed by atoms with Gasteiger partial charge in [0.05, 0.1) is 11.0 Å². The van der Waals surface area contributed by atoms with Gasteiger partial charge < -0.3 is 16.4 Å². The van der Waals surface area contributed by atoms with Crippen LogP contribution in [0.15, 0.2) is 54.6 Å². The molecule has 0 unspecified atom stereocenters. The minimum atomic E-state index is -0.828. The molecule has 0 aliphatic rings. The zero-order valence-electron chi connectivity index (χ0n) is 14.6. The van der Waals surface area contributed by atoms with Crippen molar-refractivity contribution in [1.29, 1.82) is 0 Å². The third-order valence-corrected chi connectivity index (χ3v) is 3.67. The quantitative estimate of drug-likeness (QED) is 0.490. The smallest absolute Gasteiger partial charge is 0.269 e.